The average Bonchev–Trinajstić information content (AvgIpc) is 3.13. The first-order chi connectivity index (χ1) is 14.2. The van der Waals surface area contributed by atoms with E-state index in [4.69, 9.17) is 9.47 Å². The van der Waals surface area contributed by atoms with Crippen molar-refractivity contribution < 1.29 is 27.5 Å². The normalized spacial score (nSPS) is 11.2. The van der Waals surface area contributed by atoms with Gasteiger partial charge in [0.15, 0.2) is 15.5 Å². The zero-order chi connectivity index (χ0) is 21.9. The predicted molar refractivity (Wildman–Crippen MR) is 110 cm³/mol. The maximum absolute atomic E-state index is 12.6. The standard InChI is InChI=1S/C21H20N2O6S/c1-28-20(24)17-18(15-11-9-14(10-12-15)13-30(3,26)27)22-23(19(17)21(25)29-2)16-7-5-4-6-8-16/h4-12H,13H2,1-3H3. The number of sulfone groups is 1. The van der Waals surface area contributed by atoms with Gasteiger partial charge in [-0.3, -0.25) is 0 Å². The van der Waals surface area contributed by atoms with E-state index in [1.807, 2.05) is 6.07 Å². The zero-order valence-electron chi connectivity index (χ0n) is 16.7. The molecule has 0 aliphatic rings. The van der Waals surface area contributed by atoms with Gasteiger partial charge in [0, 0.05) is 11.8 Å². The van der Waals surface area contributed by atoms with Gasteiger partial charge in [-0.25, -0.2) is 22.7 Å². The van der Waals surface area contributed by atoms with Gasteiger partial charge < -0.3 is 9.47 Å². The van der Waals surface area contributed by atoms with Crippen LogP contribution in [0.4, 0.5) is 0 Å². The molecule has 0 aliphatic heterocycles. The number of hydrogen-bond acceptors (Lipinski definition) is 7. The minimum absolute atomic E-state index is 0.0379. The van der Waals surface area contributed by atoms with Gasteiger partial charge in [-0.05, 0) is 17.7 Å². The number of methoxy groups -OCH3 is 2. The fraction of sp³-hybridized carbons (Fsp3) is 0.190. The van der Waals surface area contributed by atoms with E-state index in [1.54, 1.807) is 48.5 Å². The molecule has 156 valence electrons. The third-order valence-corrected chi connectivity index (χ3v) is 5.17. The van der Waals surface area contributed by atoms with E-state index >= 15 is 0 Å². The highest BCUT2D eigenvalue weighted by atomic mass is 32.2. The molecule has 0 radical (unpaired) electrons. The molecule has 0 amide bonds. The number of rotatable bonds is 6. The first-order valence-corrected chi connectivity index (χ1v) is 10.9. The summed E-state index contributed by atoms with van der Waals surface area (Å²) in [6, 6.07) is 15.4. The SMILES string of the molecule is COC(=O)c1c(-c2ccc(CS(C)(=O)=O)cc2)nn(-c2ccccc2)c1C(=O)OC. The Balaban J connectivity index is 2.22. The molecule has 0 aliphatic carbocycles. The van der Waals surface area contributed by atoms with Crippen molar-refractivity contribution in [2.45, 2.75) is 5.75 Å². The van der Waals surface area contributed by atoms with E-state index in [1.165, 1.54) is 18.9 Å². The molecule has 0 N–H and O–H groups in total. The summed E-state index contributed by atoms with van der Waals surface area (Å²) in [5, 5.41) is 4.49. The van der Waals surface area contributed by atoms with Crippen LogP contribution in [0.5, 0.6) is 0 Å². The monoisotopic (exact) mass is 428 g/mol. The number of carbonyl (C=O) groups is 2. The Morgan fingerprint density at radius 2 is 1.53 bits per heavy atom. The highest BCUT2D eigenvalue weighted by molar-refractivity contribution is 7.89. The third-order valence-electron chi connectivity index (χ3n) is 4.31. The highest BCUT2D eigenvalue weighted by Gasteiger charge is 2.31. The minimum Gasteiger partial charge on any atom is -0.465 e. The maximum Gasteiger partial charge on any atom is 0.357 e. The summed E-state index contributed by atoms with van der Waals surface area (Å²) in [6.45, 7) is 0. The molecule has 30 heavy (non-hydrogen) atoms. The predicted octanol–water partition coefficient (Wildman–Crippen LogP) is 2.66. The van der Waals surface area contributed by atoms with E-state index < -0.39 is 21.8 Å². The van der Waals surface area contributed by atoms with Crippen molar-refractivity contribution in [1.29, 1.82) is 0 Å². The van der Waals surface area contributed by atoms with Gasteiger partial charge in [-0.15, -0.1) is 0 Å². The second-order valence-corrected chi connectivity index (χ2v) is 8.71. The number of benzene rings is 2. The van der Waals surface area contributed by atoms with Crippen LogP contribution in [-0.4, -0.2) is 50.6 Å². The molecule has 3 rings (SSSR count). The van der Waals surface area contributed by atoms with Crippen molar-refractivity contribution >= 4 is 21.8 Å². The van der Waals surface area contributed by atoms with Crippen molar-refractivity contribution in [3.63, 3.8) is 0 Å². The molecule has 1 heterocycles. The molecule has 0 bridgehead atoms. The second kappa shape index (κ2) is 8.50. The van der Waals surface area contributed by atoms with Crippen molar-refractivity contribution in [2.24, 2.45) is 0 Å². The molecule has 3 aromatic rings. The lowest BCUT2D eigenvalue weighted by atomic mass is 10.0. The molecule has 1 aromatic heterocycles. The van der Waals surface area contributed by atoms with Crippen LogP contribution >= 0.6 is 0 Å². The van der Waals surface area contributed by atoms with Gasteiger partial charge in [0.2, 0.25) is 0 Å². The quantitative estimate of drug-likeness (QED) is 0.556. The van der Waals surface area contributed by atoms with Gasteiger partial charge in [-0.1, -0.05) is 42.5 Å². The Morgan fingerprint density at radius 3 is 2.07 bits per heavy atom. The number of esters is 2. The highest BCUT2D eigenvalue weighted by Crippen LogP contribution is 2.29. The summed E-state index contributed by atoms with van der Waals surface area (Å²) in [5.41, 5.74) is 1.79. The van der Waals surface area contributed by atoms with Crippen molar-refractivity contribution in [3.05, 3.63) is 71.4 Å². The summed E-state index contributed by atoms with van der Waals surface area (Å²) >= 11 is 0. The van der Waals surface area contributed by atoms with Crippen LogP contribution in [-0.2, 0) is 25.1 Å². The Kier molecular flexibility index (Phi) is 6.02. The second-order valence-electron chi connectivity index (χ2n) is 6.57. The molecule has 8 nitrogen and oxygen atoms in total. The Labute approximate surface area is 174 Å². The average molecular weight is 428 g/mol. The van der Waals surface area contributed by atoms with E-state index in [2.05, 4.69) is 5.10 Å². The van der Waals surface area contributed by atoms with E-state index in [0.717, 1.165) is 6.26 Å². The number of nitrogens with zero attached hydrogens (tertiary/aromatic N) is 2. The molecule has 0 spiro atoms. The van der Waals surface area contributed by atoms with E-state index in [0.29, 0.717) is 16.8 Å². The lowest BCUT2D eigenvalue weighted by Crippen LogP contribution is -2.15. The molecule has 0 unspecified atom stereocenters. The Bertz CT molecular complexity index is 1180. The summed E-state index contributed by atoms with van der Waals surface area (Å²) in [7, 11) is -0.764. The molecule has 0 atom stereocenters. The molecular formula is C21H20N2O6S. The van der Waals surface area contributed by atoms with E-state index in [-0.39, 0.29) is 22.7 Å². The van der Waals surface area contributed by atoms with Gasteiger partial charge in [0.05, 0.1) is 25.7 Å². The first-order valence-electron chi connectivity index (χ1n) is 8.87. The topological polar surface area (TPSA) is 105 Å². The van der Waals surface area contributed by atoms with Crippen LogP contribution in [0.2, 0.25) is 0 Å². The largest absolute Gasteiger partial charge is 0.465 e. The molecule has 0 saturated carbocycles. The van der Waals surface area contributed by atoms with Gasteiger partial charge in [0.25, 0.3) is 0 Å². The minimum atomic E-state index is -3.19. The molecule has 0 fully saturated rings. The third kappa shape index (κ3) is 4.41. The van der Waals surface area contributed by atoms with Crippen LogP contribution < -0.4 is 0 Å². The summed E-state index contributed by atoms with van der Waals surface area (Å²) < 4.78 is 34.2. The number of carbonyl (C=O) groups excluding carboxylic acids is 2. The van der Waals surface area contributed by atoms with Crippen molar-refractivity contribution in [1.82, 2.24) is 9.78 Å². The van der Waals surface area contributed by atoms with Crippen LogP contribution in [0, 0.1) is 0 Å². The van der Waals surface area contributed by atoms with Gasteiger partial charge in [-0.2, -0.15) is 5.10 Å². The number of ether oxygens (including phenoxy) is 2. The van der Waals surface area contributed by atoms with Crippen LogP contribution in [0.15, 0.2) is 54.6 Å². The summed E-state index contributed by atoms with van der Waals surface area (Å²) in [5.74, 6) is -1.59. The fourth-order valence-corrected chi connectivity index (χ4v) is 3.82. The molecule has 2 aromatic carbocycles. The number of hydrogen-bond donors (Lipinski definition) is 0. The van der Waals surface area contributed by atoms with E-state index in [9.17, 15) is 18.0 Å². The Hall–Kier alpha value is -3.46. The molecular weight excluding hydrogens is 408 g/mol. The summed E-state index contributed by atoms with van der Waals surface area (Å²) in [6.07, 6.45) is 1.15. The van der Waals surface area contributed by atoms with Crippen molar-refractivity contribution in [2.75, 3.05) is 20.5 Å². The van der Waals surface area contributed by atoms with Crippen LogP contribution in [0.25, 0.3) is 16.9 Å². The maximum atomic E-state index is 12.6. The fourth-order valence-electron chi connectivity index (χ4n) is 3.02. The zero-order valence-corrected chi connectivity index (χ0v) is 17.5. The number of aromatic nitrogens is 2. The van der Waals surface area contributed by atoms with Crippen molar-refractivity contribution in [3.8, 4) is 16.9 Å². The lowest BCUT2D eigenvalue weighted by molar-refractivity contribution is 0.0549. The van der Waals surface area contributed by atoms with Gasteiger partial charge >= 0.3 is 11.9 Å². The van der Waals surface area contributed by atoms with Crippen LogP contribution in [0.3, 0.4) is 0 Å². The first kappa shape index (κ1) is 21.3. The van der Waals surface area contributed by atoms with Gasteiger partial charge in [0.1, 0.15) is 11.3 Å². The molecule has 9 heteroatoms. The molecule has 0 saturated heterocycles. The number of para-hydroxylation sites is 1. The summed E-state index contributed by atoms with van der Waals surface area (Å²) in [4.78, 5) is 25.1. The Morgan fingerprint density at radius 1 is 0.933 bits per heavy atom. The lowest BCUT2D eigenvalue weighted by Gasteiger charge is -2.07. The smallest absolute Gasteiger partial charge is 0.357 e. The van der Waals surface area contributed by atoms with Crippen LogP contribution in [0.1, 0.15) is 26.4 Å².